The van der Waals surface area contributed by atoms with Crippen LogP contribution >= 0.6 is 0 Å². The van der Waals surface area contributed by atoms with Crippen molar-refractivity contribution < 1.29 is 14.3 Å². The predicted octanol–water partition coefficient (Wildman–Crippen LogP) is 3.06. The van der Waals surface area contributed by atoms with E-state index in [1.165, 1.54) is 5.56 Å². The number of likely N-dealkylation sites (tertiary alicyclic amines) is 1. The topological polar surface area (TPSA) is 76.8 Å². The van der Waals surface area contributed by atoms with Crippen LogP contribution in [-0.2, 0) is 16.0 Å². The summed E-state index contributed by atoms with van der Waals surface area (Å²) in [7, 11) is 0. The van der Waals surface area contributed by atoms with Crippen molar-refractivity contribution in [3.8, 4) is 0 Å². The minimum absolute atomic E-state index is 0.136. The van der Waals surface area contributed by atoms with Crippen LogP contribution in [0.1, 0.15) is 41.5 Å². The number of carbonyl (C=O) groups excluding carboxylic acids is 2. The SMILES string of the molecule is Cc1nnc2ccc(C(=O)OC(C)C(=O)N3CCC(Cc4ccccc4)CC3)cn12. The van der Waals surface area contributed by atoms with Crippen molar-refractivity contribution in [2.45, 2.75) is 39.2 Å². The molecule has 7 heteroatoms. The molecule has 3 heterocycles. The fourth-order valence-electron chi connectivity index (χ4n) is 3.97. The van der Waals surface area contributed by atoms with Crippen LogP contribution in [-0.4, -0.2) is 50.6 Å². The molecule has 1 amide bonds. The van der Waals surface area contributed by atoms with Gasteiger partial charge in [-0.1, -0.05) is 30.3 Å². The van der Waals surface area contributed by atoms with Gasteiger partial charge in [-0.3, -0.25) is 9.20 Å². The fourth-order valence-corrected chi connectivity index (χ4v) is 3.97. The zero-order chi connectivity index (χ0) is 21.1. The van der Waals surface area contributed by atoms with Gasteiger partial charge in [-0.2, -0.15) is 0 Å². The average molecular weight is 406 g/mol. The monoisotopic (exact) mass is 406 g/mol. The number of rotatable bonds is 5. The Morgan fingerprint density at radius 3 is 2.57 bits per heavy atom. The number of piperidine rings is 1. The average Bonchev–Trinajstić information content (AvgIpc) is 3.14. The first-order valence-electron chi connectivity index (χ1n) is 10.4. The molecule has 1 fully saturated rings. The fraction of sp³-hybridized carbons (Fsp3) is 0.391. The van der Waals surface area contributed by atoms with Crippen molar-refractivity contribution in [2.24, 2.45) is 5.92 Å². The van der Waals surface area contributed by atoms with Crippen LogP contribution in [0.2, 0.25) is 0 Å². The Bertz CT molecular complexity index is 1040. The highest BCUT2D eigenvalue weighted by atomic mass is 16.5. The van der Waals surface area contributed by atoms with Crippen molar-refractivity contribution in [3.63, 3.8) is 0 Å². The Morgan fingerprint density at radius 1 is 1.10 bits per heavy atom. The standard InChI is InChI=1S/C23H26N4O3/c1-16(30-23(29)20-8-9-21-25-24-17(2)27(21)15-20)22(28)26-12-10-19(11-13-26)14-18-6-4-3-5-7-18/h3-9,15-16,19H,10-14H2,1-2H3. The Hall–Kier alpha value is -3.22. The van der Waals surface area contributed by atoms with E-state index in [1.807, 2.05) is 17.9 Å². The highest BCUT2D eigenvalue weighted by Crippen LogP contribution is 2.22. The summed E-state index contributed by atoms with van der Waals surface area (Å²) in [6.07, 6.45) is 3.79. The number of benzene rings is 1. The quantitative estimate of drug-likeness (QED) is 0.609. The van der Waals surface area contributed by atoms with Gasteiger partial charge in [0, 0.05) is 19.3 Å². The van der Waals surface area contributed by atoms with Crippen LogP contribution in [0.4, 0.5) is 0 Å². The van der Waals surface area contributed by atoms with Crippen LogP contribution in [0.15, 0.2) is 48.7 Å². The minimum atomic E-state index is -0.819. The summed E-state index contributed by atoms with van der Waals surface area (Å²) < 4.78 is 7.18. The smallest absolute Gasteiger partial charge is 0.340 e. The molecule has 1 unspecified atom stereocenters. The number of nitrogens with zero attached hydrogens (tertiary/aromatic N) is 4. The number of aryl methyl sites for hydroxylation is 1. The molecular formula is C23H26N4O3. The molecule has 1 atom stereocenters. The third kappa shape index (κ3) is 4.35. The number of hydrogen-bond donors (Lipinski definition) is 0. The number of amides is 1. The van der Waals surface area contributed by atoms with Crippen molar-refractivity contribution in [1.29, 1.82) is 0 Å². The zero-order valence-corrected chi connectivity index (χ0v) is 17.3. The predicted molar refractivity (Wildman–Crippen MR) is 112 cm³/mol. The largest absolute Gasteiger partial charge is 0.449 e. The summed E-state index contributed by atoms with van der Waals surface area (Å²) in [5, 5.41) is 7.98. The Morgan fingerprint density at radius 2 is 1.83 bits per heavy atom. The van der Waals surface area contributed by atoms with Gasteiger partial charge in [-0.25, -0.2) is 4.79 Å². The van der Waals surface area contributed by atoms with E-state index in [9.17, 15) is 9.59 Å². The molecule has 2 aromatic heterocycles. The first-order chi connectivity index (χ1) is 14.5. The molecular weight excluding hydrogens is 380 g/mol. The van der Waals surface area contributed by atoms with Gasteiger partial charge in [0.1, 0.15) is 5.82 Å². The maximum atomic E-state index is 12.8. The molecule has 4 rings (SSSR count). The van der Waals surface area contributed by atoms with Gasteiger partial charge < -0.3 is 9.64 Å². The van der Waals surface area contributed by atoms with Gasteiger partial charge >= 0.3 is 5.97 Å². The third-order valence-corrected chi connectivity index (χ3v) is 5.73. The molecule has 156 valence electrons. The van der Waals surface area contributed by atoms with Gasteiger partial charge in [-0.15, -0.1) is 10.2 Å². The molecule has 1 aromatic carbocycles. The summed E-state index contributed by atoms with van der Waals surface area (Å²) in [6.45, 7) is 4.84. The van der Waals surface area contributed by atoms with Gasteiger partial charge in [0.2, 0.25) is 0 Å². The molecule has 3 aromatic rings. The summed E-state index contributed by atoms with van der Waals surface area (Å²) >= 11 is 0. The normalized spacial score (nSPS) is 15.9. The van der Waals surface area contributed by atoms with Crippen LogP contribution in [0.5, 0.6) is 0 Å². The summed E-state index contributed by atoms with van der Waals surface area (Å²) in [4.78, 5) is 27.1. The summed E-state index contributed by atoms with van der Waals surface area (Å²) in [6, 6.07) is 13.8. The van der Waals surface area contributed by atoms with Crippen molar-refractivity contribution in [2.75, 3.05) is 13.1 Å². The summed E-state index contributed by atoms with van der Waals surface area (Å²) in [5.74, 6) is 0.600. The Balaban J connectivity index is 1.31. The van der Waals surface area contributed by atoms with Crippen molar-refractivity contribution in [1.82, 2.24) is 19.5 Å². The lowest BCUT2D eigenvalue weighted by Gasteiger charge is -2.33. The van der Waals surface area contributed by atoms with Gasteiger partial charge in [0.15, 0.2) is 11.8 Å². The third-order valence-electron chi connectivity index (χ3n) is 5.73. The van der Waals surface area contributed by atoms with Gasteiger partial charge in [-0.05, 0) is 56.7 Å². The number of carbonyl (C=O) groups is 2. The molecule has 0 bridgehead atoms. The van der Waals surface area contributed by atoms with E-state index < -0.39 is 12.1 Å². The van der Waals surface area contributed by atoms with Gasteiger partial charge in [0.05, 0.1) is 5.56 Å². The Labute approximate surface area is 175 Å². The first kappa shape index (κ1) is 20.1. The number of aromatic nitrogens is 3. The molecule has 0 aliphatic carbocycles. The van der Waals surface area contributed by atoms with Crippen LogP contribution in [0, 0.1) is 12.8 Å². The maximum Gasteiger partial charge on any atom is 0.340 e. The van der Waals surface area contributed by atoms with Crippen LogP contribution in [0.3, 0.4) is 0 Å². The molecule has 0 saturated carbocycles. The molecule has 1 aliphatic heterocycles. The van der Waals surface area contributed by atoms with Crippen LogP contribution < -0.4 is 0 Å². The maximum absolute atomic E-state index is 12.8. The second kappa shape index (κ2) is 8.65. The molecule has 0 N–H and O–H groups in total. The van der Waals surface area contributed by atoms with Crippen molar-refractivity contribution in [3.05, 3.63) is 65.6 Å². The minimum Gasteiger partial charge on any atom is -0.449 e. The first-order valence-corrected chi connectivity index (χ1v) is 10.4. The van der Waals surface area contributed by atoms with Crippen LogP contribution in [0.25, 0.3) is 5.65 Å². The number of ether oxygens (including phenoxy) is 1. The molecule has 0 spiro atoms. The molecule has 7 nitrogen and oxygen atoms in total. The second-order valence-corrected chi connectivity index (χ2v) is 7.90. The second-order valence-electron chi connectivity index (χ2n) is 7.90. The number of esters is 1. The van der Waals surface area contributed by atoms with E-state index in [0.29, 0.717) is 36.0 Å². The molecule has 30 heavy (non-hydrogen) atoms. The highest BCUT2D eigenvalue weighted by Gasteiger charge is 2.28. The van der Waals surface area contributed by atoms with E-state index in [2.05, 4.69) is 34.5 Å². The van der Waals surface area contributed by atoms with Gasteiger partial charge in [0.25, 0.3) is 5.91 Å². The number of hydrogen-bond acceptors (Lipinski definition) is 5. The lowest BCUT2D eigenvalue weighted by atomic mass is 9.90. The van der Waals surface area contributed by atoms with E-state index >= 15 is 0 Å². The lowest BCUT2D eigenvalue weighted by Crippen LogP contribution is -2.44. The molecule has 1 saturated heterocycles. The number of fused-ring (bicyclic) bond motifs is 1. The molecule has 0 radical (unpaired) electrons. The van der Waals surface area contributed by atoms with Crippen molar-refractivity contribution >= 4 is 17.5 Å². The number of pyridine rings is 1. The molecule has 1 aliphatic rings. The van der Waals surface area contributed by atoms with E-state index in [-0.39, 0.29) is 5.91 Å². The van der Waals surface area contributed by atoms with E-state index in [4.69, 9.17) is 4.74 Å². The highest BCUT2D eigenvalue weighted by molar-refractivity contribution is 5.92. The lowest BCUT2D eigenvalue weighted by molar-refractivity contribution is -0.141. The Kier molecular flexibility index (Phi) is 5.79. The van der Waals surface area contributed by atoms with E-state index in [1.54, 1.807) is 29.7 Å². The summed E-state index contributed by atoms with van der Waals surface area (Å²) in [5.41, 5.74) is 2.36. The van der Waals surface area contributed by atoms with E-state index in [0.717, 1.165) is 19.3 Å². The zero-order valence-electron chi connectivity index (χ0n) is 17.3.